The molecule has 0 aliphatic heterocycles. The molecule has 1 rings (SSSR count). The summed E-state index contributed by atoms with van der Waals surface area (Å²) in [6.07, 6.45) is 0. The first kappa shape index (κ1) is 13.2. The average molecular weight is 241 g/mol. The van der Waals surface area contributed by atoms with E-state index in [4.69, 9.17) is 9.47 Å². The van der Waals surface area contributed by atoms with E-state index in [2.05, 4.69) is 17.5 Å². The van der Waals surface area contributed by atoms with E-state index in [0.717, 1.165) is 22.8 Å². The lowest BCUT2D eigenvalue weighted by Gasteiger charge is -2.24. The molecular weight excluding hydrogens is 222 g/mol. The van der Waals surface area contributed by atoms with Crippen LogP contribution in [0.3, 0.4) is 0 Å². The van der Waals surface area contributed by atoms with Gasteiger partial charge in [0.2, 0.25) is 0 Å². The van der Waals surface area contributed by atoms with Gasteiger partial charge in [0.15, 0.2) is 0 Å². The van der Waals surface area contributed by atoms with Gasteiger partial charge < -0.3 is 14.4 Å². The summed E-state index contributed by atoms with van der Waals surface area (Å²) in [7, 11) is 7.38. The molecule has 0 aliphatic carbocycles. The molecular formula is C12H19NO2S. The number of hydrogen-bond donors (Lipinski definition) is 1. The van der Waals surface area contributed by atoms with Crippen molar-refractivity contribution in [2.75, 3.05) is 34.1 Å². The summed E-state index contributed by atoms with van der Waals surface area (Å²) in [5.74, 6) is 2.39. The molecule has 16 heavy (non-hydrogen) atoms. The van der Waals surface area contributed by atoms with Crippen LogP contribution in [0.5, 0.6) is 11.5 Å². The molecule has 0 saturated carbocycles. The van der Waals surface area contributed by atoms with Crippen LogP contribution in [0.25, 0.3) is 0 Å². The maximum Gasteiger partial charge on any atom is 0.127 e. The molecule has 0 aliphatic rings. The van der Waals surface area contributed by atoms with Gasteiger partial charge in [0.05, 0.1) is 14.2 Å². The van der Waals surface area contributed by atoms with E-state index in [1.54, 1.807) is 14.2 Å². The SMILES string of the molecule is COc1ccc(C(CS)N(C)C)c(OC)c1. The first-order valence-corrected chi connectivity index (χ1v) is 5.76. The summed E-state index contributed by atoms with van der Waals surface area (Å²) in [6.45, 7) is 0. The van der Waals surface area contributed by atoms with Crippen molar-refractivity contribution in [2.24, 2.45) is 0 Å². The van der Waals surface area contributed by atoms with Crippen LogP contribution in [0, 0.1) is 0 Å². The van der Waals surface area contributed by atoms with Crippen molar-refractivity contribution in [1.29, 1.82) is 0 Å². The van der Waals surface area contributed by atoms with Gasteiger partial charge in [-0.15, -0.1) is 0 Å². The molecule has 4 heteroatoms. The van der Waals surface area contributed by atoms with E-state index in [9.17, 15) is 0 Å². The minimum absolute atomic E-state index is 0.240. The molecule has 90 valence electrons. The highest BCUT2D eigenvalue weighted by Gasteiger charge is 2.17. The van der Waals surface area contributed by atoms with Crippen LogP contribution in [0.15, 0.2) is 18.2 Å². The fraction of sp³-hybridized carbons (Fsp3) is 0.500. The molecule has 1 atom stereocenters. The largest absolute Gasteiger partial charge is 0.497 e. The predicted octanol–water partition coefficient (Wildman–Crippen LogP) is 2.24. The summed E-state index contributed by atoms with van der Waals surface area (Å²) in [4.78, 5) is 2.12. The maximum atomic E-state index is 5.38. The average Bonchev–Trinajstić information content (AvgIpc) is 2.29. The zero-order chi connectivity index (χ0) is 12.1. The van der Waals surface area contributed by atoms with Crippen LogP contribution in [0.1, 0.15) is 11.6 Å². The van der Waals surface area contributed by atoms with Crippen molar-refractivity contribution < 1.29 is 9.47 Å². The van der Waals surface area contributed by atoms with Gasteiger partial charge in [-0.05, 0) is 20.2 Å². The smallest absolute Gasteiger partial charge is 0.127 e. The van der Waals surface area contributed by atoms with Crippen molar-refractivity contribution >= 4 is 12.6 Å². The van der Waals surface area contributed by atoms with Gasteiger partial charge in [0.1, 0.15) is 11.5 Å². The second-order valence-electron chi connectivity index (χ2n) is 3.77. The Kier molecular flexibility index (Phi) is 4.96. The zero-order valence-electron chi connectivity index (χ0n) is 10.2. The summed E-state index contributed by atoms with van der Waals surface area (Å²) in [6, 6.07) is 6.11. The summed E-state index contributed by atoms with van der Waals surface area (Å²) >= 11 is 4.37. The highest BCUT2D eigenvalue weighted by molar-refractivity contribution is 7.80. The van der Waals surface area contributed by atoms with E-state index in [0.29, 0.717) is 0 Å². The molecule has 0 N–H and O–H groups in total. The van der Waals surface area contributed by atoms with Crippen molar-refractivity contribution in [3.05, 3.63) is 23.8 Å². The maximum absolute atomic E-state index is 5.38. The molecule has 0 fully saturated rings. The van der Waals surface area contributed by atoms with Crippen LogP contribution in [-0.2, 0) is 0 Å². The van der Waals surface area contributed by atoms with Crippen molar-refractivity contribution in [3.8, 4) is 11.5 Å². The number of rotatable bonds is 5. The zero-order valence-corrected chi connectivity index (χ0v) is 11.1. The first-order valence-electron chi connectivity index (χ1n) is 5.13. The Morgan fingerprint density at radius 3 is 2.38 bits per heavy atom. The lowest BCUT2D eigenvalue weighted by molar-refractivity contribution is 0.311. The van der Waals surface area contributed by atoms with Gasteiger partial charge in [-0.1, -0.05) is 6.07 Å². The standard InChI is InChI=1S/C12H19NO2S/c1-13(2)11(8-16)10-6-5-9(14-3)7-12(10)15-4/h5-7,11,16H,8H2,1-4H3. The summed E-state index contributed by atoms with van der Waals surface area (Å²) in [5.41, 5.74) is 1.13. The number of methoxy groups -OCH3 is 2. The van der Waals surface area contributed by atoms with Crippen molar-refractivity contribution in [3.63, 3.8) is 0 Å². The fourth-order valence-corrected chi connectivity index (χ4v) is 2.16. The van der Waals surface area contributed by atoms with Crippen LogP contribution in [0.4, 0.5) is 0 Å². The third kappa shape index (κ3) is 2.83. The van der Waals surface area contributed by atoms with Crippen molar-refractivity contribution in [1.82, 2.24) is 4.90 Å². The van der Waals surface area contributed by atoms with E-state index in [1.165, 1.54) is 0 Å². The molecule has 0 radical (unpaired) electrons. The third-order valence-corrected chi connectivity index (χ3v) is 2.94. The highest BCUT2D eigenvalue weighted by Crippen LogP contribution is 2.32. The minimum Gasteiger partial charge on any atom is -0.497 e. The number of nitrogens with zero attached hydrogens (tertiary/aromatic N) is 1. The van der Waals surface area contributed by atoms with Crippen LogP contribution >= 0.6 is 12.6 Å². The Labute approximate surface area is 103 Å². The third-order valence-electron chi connectivity index (χ3n) is 2.60. The molecule has 0 spiro atoms. The van der Waals surface area contributed by atoms with Gasteiger partial charge in [-0.3, -0.25) is 0 Å². The molecule has 0 amide bonds. The van der Waals surface area contributed by atoms with Gasteiger partial charge in [0, 0.05) is 23.4 Å². The molecule has 0 saturated heterocycles. The molecule has 1 aromatic rings. The van der Waals surface area contributed by atoms with Crippen LogP contribution < -0.4 is 9.47 Å². The Balaban J connectivity index is 3.11. The summed E-state index contributed by atoms with van der Waals surface area (Å²) in [5, 5.41) is 0. The molecule has 0 bridgehead atoms. The minimum atomic E-state index is 0.240. The van der Waals surface area contributed by atoms with Gasteiger partial charge in [-0.2, -0.15) is 12.6 Å². The van der Waals surface area contributed by atoms with E-state index in [-0.39, 0.29) is 6.04 Å². The number of benzene rings is 1. The second kappa shape index (κ2) is 6.01. The Morgan fingerprint density at radius 2 is 1.94 bits per heavy atom. The highest BCUT2D eigenvalue weighted by atomic mass is 32.1. The topological polar surface area (TPSA) is 21.7 Å². The molecule has 1 unspecified atom stereocenters. The van der Waals surface area contributed by atoms with E-state index < -0.39 is 0 Å². The lowest BCUT2D eigenvalue weighted by Crippen LogP contribution is -2.21. The molecule has 1 aromatic carbocycles. The van der Waals surface area contributed by atoms with E-state index >= 15 is 0 Å². The second-order valence-corrected chi connectivity index (χ2v) is 4.14. The fourth-order valence-electron chi connectivity index (χ4n) is 1.63. The van der Waals surface area contributed by atoms with Crippen LogP contribution in [0.2, 0.25) is 0 Å². The number of ether oxygens (including phenoxy) is 2. The van der Waals surface area contributed by atoms with Gasteiger partial charge in [0.25, 0.3) is 0 Å². The molecule has 3 nitrogen and oxygen atoms in total. The van der Waals surface area contributed by atoms with Gasteiger partial charge >= 0.3 is 0 Å². The Bertz CT molecular complexity index is 342. The van der Waals surface area contributed by atoms with Crippen LogP contribution in [-0.4, -0.2) is 39.0 Å². The number of thiol groups is 1. The molecule has 0 aromatic heterocycles. The van der Waals surface area contributed by atoms with Crippen molar-refractivity contribution in [2.45, 2.75) is 6.04 Å². The first-order chi connectivity index (χ1) is 7.63. The molecule has 0 heterocycles. The van der Waals surface area contributed by atoms with Gasteiger partial charge in [-0.25, -0.2) is 0 Å². The quantitative estimate of drug-likeness (QED) is 0.799. The normalized spacial score (nSPS) is 12.6. The monoisotopic (exact) mass is 241 g/mol. The lowest BCUT2D eigenvalue weighted by atomic mass is 10.1. The Morgan fingerprint density at radius 1 is 1.25 bits per heavy atom. The number of hydrogen-bond acceptors (Lipinski definition) is 4. The Hall–Kier alpha value is -0.870. The predicted molar refractivity (Wildman–Crippen MR) is 69.8 cm³/mol. The summed E-state index contributed by atoms with van der Waals surface area (Å²) < 4.78 is 10.6. The van der Waals surface area contributed by atoms with E-state index in [1.807, 2.05) is 32.3 Å².